The Morgan fingerprint density at radius 1 is 1.50 bits per heavy atom. The van der Waals surface area contributed by atoms with Crippen molar-refractivity contribution in [2.45, 2.75) is 17.9 Å². The highest BCUT2D eigenvalue weighted by Gasteiger charge is 2.02. The molecule has 1 aromatic rings. The quantitative estimate of drug-likeness (QED) is 0.427. The van der Waals surface area contributed by atoms with Crippen LogP contribution in [-0.4, -0.2) is 0 Å². The molecule has 54 valence electrons. The van der Waals surface area contributed by atoms with E-state index >= 15 is 0 Å². The summed E-state index contributed by atoms with van der Waals surface area (Å²) in [6.07, 6.45) is 3.23. The molecule has 0 atom stereocenters. The molecule has 0 aromatic carbocycles. The van der Waals surface area contributed by atoms with Crippen LogP contribution < -0.4 is 4.57 Å². The molecule has 0 radical (unpaired) electrons. The van der Waals surface area contributed by atoms with Gasteiger partial charge in [-0.15, -0.1) is 0 Å². The summed E-state index contributed by atoms with van der Waals surface area (Å²) in [6.45, 7) is 2.18. The minimum Gasteiger partial charge on any atom is -0.193 e. The van der Waals surface area contributed by atoms with Gasteiger partial charge in [0, 0.05) is 18.6 Å². The van der Waals surface area contributed by atoms with Gasteiger partial charge in [0.05, 0.1) is 0 Å². The second-order valence-corrected chi connectivity index (χ2v) is 2.82. The van der Waals surface area contributed by atoms with Gasteiger partial charge in [0.2, 0.25) is 0 Å². The standard InChI is InChI=1S/C8H11IN/c1-2-8-5-3-4-6-10(8)7-9/h3-6H,2,7H2,1H3/q+1. The summed E-state index contributed by atoms with van der Waals surface area (Å²) in [4.78, 5) is 0. The van der Waals surface area contributed by atoms with E-state index in [2.05, 4.69) is 58.5 Å². The van der Waals surface area contributed by atoms with Gasteiger partial charge >= 0.3 is 0 Å². The van der Waals surface area contributed by atoms with Crippen LogP contribution in [0, 0.1) is 0 Å². The Bertz CT molecular complexity index is 187. The first-order chi connectivity index (χ1) is 4.88. The third kappa shape index (κ3) is 1.68. The van der Waals surface area contributed by atoms with Gasteiger partial charge in [-0.25, -0.2) is 0 Å². The van der Waals surface area contributed by atoms with E-state index in [1.54, 1.807) is 0 Å². The molecule has 0 spiro atoms. The summed E-state index contributed by atoms with van der Waals surface area (Å²) in [5, 5.41) is 0. The molecule has 0 saturated carbocycles. The van der Waals surface area contributed by atoms with Gasteiger partial charge in [-0.1, -0.05) is 13.0 Å². The van der Waals surface area contributed by atoms with Crippen LogP contribution in [-0.2, 0) is 11.0 Å². The van der Waals surface area contributed by atoms with Crippen molar-refractivity contribution in [2.75, 3.05) is 0 Å². The number of aryl methyl sites for hydroxylation is 1. The molecule has 0 aliphatic carbocycles. The highest BCUT2D eigenvalue weighted by Crippen LogP contribution is 1.93. The normalized spacial score (nSPS) is 9.80. The van der Waals surface area contributed by atoms with Gasteiger partial charge in [-0.2, -0.15) is 4.57 Å². The number of aromatic nitrogens is 1. The largest absolute Gasteiger partial charge is 0.198 e. The maximum absolute atomic E-state index is 2.37. The summed E-state index contributed by atoms with van der Waals surface area (Å²) in [6, 6.07) is 6.32. The number of hydrogen-bond donors (Lipinski definition) is 0. The third-order valence-corrected chi connectivity index (χ3v) is 2.26. The van der Waals surface area contributed by atoms with Crippen molar-refractivity contribution in [1.29, 1.82) is 0 Å². The van der Waals surface area contributed by atoms with E-state index in [1.165, 1.54) is 5.69 Å². The number of nitrogens with zero attached hydrogens (tertiary/aromatic N) is 1. The number of pyridine rings is 1. The van der Waals surface area contributed by atoms with E-state index in [0.29, 0.717) is 0 Å². The zero-order chi connectivity index (χ0) is 7.40. The van der Waals surface area contributed by atoms with Crippen molar-refractivity contribution in [1.82, 2.24) is 0 Å². The van der Waals surface area contributed by atoms with E-state index in [0.717, 1.165) is 11.0 Å². The van der Waals surface area contributed by atoms with Crippen LogP contribution in [0.3, 0.4) is 0 Å². The van der Waals surface area contributed by atoms with Crippen molar-refractivity contribution in [3.63, 3.8) is 0 Å². The van der Waals surface area contributed by atoms with Crippen LogP contribution in [0.2, 0.25) is 0 Å². The summed E-state index contributed by atoms with van der Waals surface area (Å²) in [7, 11) is 0. The van der Waals surface area contributed by atoms with Crippen molar-refractivity contribution in [3.05, 3.63) is 30.1 Å². The van der Waals surface area contributed by atoms with Gasteiger partial charge in [0.1, 0.15) is 0 Å². The Kier molecular flexibility index (Phi) is 3.12. The van der Waals surface area contributed by atoms with Gasteiger partial charge in [-0.3, -0.25) is 0 Å². The minimum absolute atomic E-state index is 1.04. The molecule has 0 unspecified atom stereocenters. The molecule has 0 amide bonds. The summed E-state index contributed by atoms with van der Waals surface area (Å²) < 4.78 is 3.29. The minimum atomic E-state index is 1.04. The lowest BCUT2D eigenvalue weighted by Crippen LogP contribution is -2.34. The van der Waals surface area contributed by atoms with Crippen LogP contribution in [0.4, 0.5) is 0 Å². The molecule has 1 aromatic heterocycles. The van der Waals surface area contributed by atoms with E-state index in [9.17, 15) is 0 Å². The van der Waals surface area contributed by atoms with E-state index in [4.69, 9.17) is 0 Å². The zero-order valence-corrected chi connectivity index (χ0v) is 8.21. The molecule has 0 bridgehead atoms. The number of alkyl halides is 1. The molecule has 1 heterocycles. The van der Waals surface area contributed by atoms with Crippen LogP contribution in [0.1, 0.15) is 12.6 Å². The van der Waals surface area contributed by atoms with Crippen LogP contribution in [0.25, 0.3) is 0 Å². The molecule has 0 N–H and O–H groups in total. The molecular formula is C8H11IN+. The van der Waals surface area contributed by atoms with Gasteiger partial charge in [-0.05, 0) is 22.6 Å². The topological polar surface area (TPSA) is 3.88 Å². The predicted molar refractivity (Wildman–Crippen MR) is 50.0 cm³/mol. The van der Waals surface area contributed by atoms with Crippen molar-refractivity contribution in [3.8, 4) is 0 Å². The lowest BCUT2D eigenvalue weighted by molar-refractivity contribution is -0.678. The number of rotatable bonds is 2. The molecule has 2 heteroatoms. The van der Waals surface area contributed by atoms with Gasteiger partial charge in [0.25, 0.3) is 0 Å². The highest BCUT2D eigenvalue weighted by molar-refractivity contribution is 14.1. The summed E-state index contributed by atoms with van der Waals surface area (Å²) in [5.41, 5.74) is 1.40. The van der Waals surface area contributed by atoms with Gasteiger partial charge in [0.15, 0.2) is 16.4 Å². The SMILES string of the molecule is CCc1cccc[n+]1CI. The number of halogens is 1. The maximum Gasteiger partial charge on any atom is 0.198 e. The average molecular weight is 248 g/mol. The van der Waals surface area contributed by atoms with Crippen molar-refractivity contribution in [2.24, 2.45) is 0 Å². The Hall–Kier alpha value is -0.120. The van der Waals surface area contributed by atoms with E-state index in [-0.39, 0.29) is 0 Å². The third-order valence-electron chi connectivity index (χ3n) is 1.53. The summed E-state index contributed by atoms with van der Waals surface area (Å²) in [5.74, 6) is 0. The van der Waals surface area contributed by atoms with E-state index < -0.39 is 0 Å². The predicted octanol–water partition coefficient (Wildman–Crippen LogP) is 1.93. The molecule has 0 fully saturated rings. The first-order valence-electron chi connectivity index (χ1n) is 3.41. The second-order valence-electron chi connectivity index (χ2n) is 2.13. The average Bonchev–Trinajstić information content (AvgIpc) is 2.04. The fourth-order valence-electron chi connectivity index (χ4n) is 0.949. The first-order valence-corrected chi connectivity index (χ1v) is 4.94. The zero-order valence-electron chi connectivity index (χ0n) is 6.05. The van der Waals surface area contributed by atoms with Crippen LogP contribution in [0.5, 0.6) is 0 Å². The van der Waals surface area contributed by atoms with E-state index in [1.807, 2.05) is 0 Å². The molecule has 0 aliphatic heterocycles. The molecule has 0 saturated heterocycles. The maximum atomic E-state index is 2.37. The fourth-order valence-corrected chi connectivity index (χ4v) is 1.61. The smallest absolute Gasteiger partial charge is 0.193 e. The Morgan fingerprint density at radius 2 is 2.30 bits per heavy atom. The summed E-state index contributed by atoms with van der Waals surface area (Å²) >= 11 is 2.37. The molecular weight excluding hydrogens is 237 g/mol. The van der Waals surface area contributed by atoms with Crippen LogP contribution in [0.15, 0.2) is 24.4 Å². The lowest BCUT2D eigenvalue weighted by Gasteiger charge is -1.95. The fraction of sp³-hybridized carbons (Fsp3) is 0.375. The second kappa shape index (κ2) is 3.91. The van der Waals surface area contributed by atoms with Crippen molar-refractivity contribution < 1.29 is 4.57 Å². The Morgan fingerprint density at radius 3 is 2.80 bits per heavy atom. The monoisotopic (exact) mass is 248 g/mol. The molecule has 0 aliphatic rings. The Balaban J connectivity index is 2.96. The molecule has 1 nitrogen and oxygen atoms in total. The van der Waals surface area contributed by atoms with Crippen molar-refractivity contribution >= 4 is 22.6 Å². The molecule has 10 heavy (non-hydrogen) atoms. The van der Waals surface area contributed by atoms with Crippen LogP contribution >= 0.6 is 22.6 Å². The highest BCUT2D eigenvalue weighted by atomic mass is 127. The first kappa shape index (κ1) is 7.98. The lowest BCUT2D eigenvalue weighted by atomic mass is 10.3. The Labute approximate surface area is 75.2 Å². The number of hydrogen-bond acceptors (Lipinski definition) is 0. The molecule has 1 rings (SSSR count). The van der Waals surface area contributed by atoms with Gasteiger partial charge < -0.3 is 0 Å².